The fraction of sp³-hybridized carbons (Fsp3) is 0.552. The minimum atomic E-state index is -0.286. The Morgan fingerprint density at radius 1 is 1.06 bits per heavy atom. The number of nitrogens with zero attached hydrogens (tertiary/aromatic N) is 2. The van der Waals surface area contributed by atoms with Crippen molar-refractivity contribution in [1.82, 2.24) is 9.97 Å². The highest BCUT2D eigenvalue weighted by molar-refractivity contribution is 7.99. The summed E-state index contributed by atoms with van der Waals surface area (Å²) in [5, 5.41) is 0. The van der Waals surface area contributed by atoms with E-state index in [0.29, 0.717) is 18.0 Å². The second-order valence-corrected chi connectivity index (χ2v) is 10.2. The summed E-state index contributed by atoms with van der Waals surface area (Å²) in [7, 11) is 0. The molecule has 2 heterocycles. The maximum Gasteiger partial charge on any atom is 0.311 e. The molecular formula is C29H38N2O2S. The third-order valence-electron chi connectivity index (χ3n) is 6.93. The number of aryl methyl sites for hydroxylation is 1. The van der Waals surface area contributed by atoms with Crippen LogP contribution in [0.15, 0.2) is 29.4 Å². The first-order valence-corrected chi connectivity index (χ1v) is 13.8. The van der Waals surface area contributed by atoms with Gasteiger partial charge in [-0.2, -0.15) is 0 Å². The molecule has 0 unspecified atom stereocenters. The highest BCUT2D eigenvalue weighted by atomic mass is 32.2. The van der Waals surface area contributed by atoms with E-state index in [1.54, 1.807) is 19.3 Å². The minimum Gasteiger partial charge on any atom is -0.466 e. The first-order valence-electron chi connectivity index (χ1n) is 12.8. The van der Waals surface area contributed by atoms with Gasteiger partial charge < -0.3 is 4.74 Å². The molecule has 0 saturated carbocycles. The zero-order chi connectivity index (χ0) is 24.4. The Morgan fingerprint density at radius 2 is 1.88 bits per heavy atom. The molecule has 0 spiro atoms. The standard InChI is InChI=1S/C29H38N2O2S/c1-5-9-10-11-12-22-18-27-26(29(6-2,7-3)15-16-34-27)17-23(22)13-14-24-20-31-25(21-30-24)19-28(32)33-8-4/h17-18,20-21H,5-12,15-16,19H2,1-4H3. The van der Waals surface area contributed by atoms with E-state index in [1.165, 1.54) is 53.9 Å². The lowest BCUT2D eigenvalue weighted by Gasteiger charge is -2.38. The average Bonchev–Trinajstić information content (AvgIpc) is 2.86. The molecule has 34 heavy (non-hydrogen) atoms. The van der Waals surface area contributed by atoms with E-state index < -0.39 is 0 Å². The fourth-order valence-corrected chi connectivity index (χ4v) is 6.07. The number of ether oxygens (including phenoxy) is 1. The maximum absolute atomic E-state index is 11.7. The van der Waals surface area contributed by atoms with Crippen molar-refractivity contribution in [2.75, 3.05) is 12.4 Å². The number of unbranched alkanes of at least 4 members (excludes halogenated alkanes) is 3. The molecule has 4 nitrogen and oxygen atoms in total. The van der Waals surface area contributed by atoms with Crippen LogP contribution in [0.1, 0.15) is 101 Å². The number of carbonyl (C=O) groups excluding carboxylic acids is 1. The number of aromatic nitrogens is 2. The van der Waals surface area contributed by atoms with Gasteiger partial charge in [0.1, 0.15) is 5.69 Å². The highest BCUT2D eigenvalue weighted by Gasteiger charge is 2.34. The summed E-state index contributed by atoms with van der Waals surface area (Å²) >= 11 is 2.00. The number of fused-ring (bicyclic) bond motifs is 1. The Balaban J connectivity index is 1.90. The summed E-state index contributed by atoms with van der Waals surface area (Å²) in [5.41, 5.74) is 5.43. The van der Waals surface area contributed by atoms with Gasteiger partial charge in [0.2, 0.25) is 0 Å². The molecule has 182 valence electrons. The Morgan fingerprint density at radius 3 is 2.56 bits per heavy atom. The van der Waals surface area contributed by atoms with Crippen LogP contribution in [0.4, 0.5) is 0 Å². The van der Waals surface area contributed by atoms with Gasteiger partial charge in [0.25, 0.3) is 0 Å². The number of hydrogen-bond acceptors (Lipinski definition) is 5. The van der Waals surface area contributed by atoms with Gasteiger partial charge in [-0.05, 0) is 79.4 Å². The SMILES string of the molecule is CCCCCCc1cc2c(cc1C#Cc1cnc(CC(=O)OCC)cn1)C(CC)(CC)CCS2. The van der Waals surface area contributed by atoms with Gasteiger partial charge in [-0.25, -0.2) is 4.98 Å². The Kier molecular flexibility index (Phi) is 10.0. The number of rotatable bonds is 10. The summed E-state index contributed by atoms with van der Waals surface area (Å²) in [6.07, 6.45) is 13.0. The third kappa shape index (κ3) is 6.63. The van der Waals surface area contributed by atoms with E-state index in [-0.39, 0.29) is 17.8 Å². The predicted octanol–water partition coefficient (Wildman–Crippen LogP) is 6.66. The number of hydrogen-bond donors (Lipinski definition) is 0. The van der Waals surface area contributed by atoms with Gasteiger partial charge in [0.15, 0.2) is 0 Å². The average molecular weight is 479 g/mol. The molecule has 5 heteroatoms. The van der Waals surface area contributed by atoms with Crippen molar-refractivity contribution < 1.29 is 9.53 Å². The molecule has 0 fully saturated rings. The van der Waals surface area contributed by atoms with Gasteiger partial charge in [0.05, 0.1) is 31.1 Å². The molecule has 0 saturated heterocycles. The molecule has 0 N–H and O–H groups in total. The van der Waals surface area contributed by atoms with E-state index in [4.69, 9.17) is 4.74 Å². The zero-order valence-corrected chi connectivity index (χ0v) is 22.0. The number of thioether (sulfide) groups is 1. The lowest BCUT2D eigenvalue weighted by atomic mass is 9.72. The summed E-state index contributed by atoms with van der Waals surface area (Å²) in [4.78, 5) is 21.9. The first-order chi connectivity index (χ1) is 16.5. The molecule has 0 atom stereocenters. The predicted molar refractivity (Wildman–Crippen MR) is 140 cm³/mol. The van der Waals surface area contributed by atoms with Gasteiger partial charge in [-0.3, -0.25) is 9.78 Å². The van der Waals surface area contributed by atoms with Crippen LogP contribution in [0.5, 0.6) is 0 Å². The molecule has 1 aliphatic rings. The largest absolute Gasteiger partial charge is 0.466 e. The zero-order valence-electron chi connectivity index (χ0n) is 21.2. The van der Waals surface area contributed by atoms with Gasteiger partial charge in [-0.1, -0.05) is 46.0 Å². The third-order valence-corrected chi connectivity index (χ3v) is 7.99. The van der Waals surface area contributed by atoms with Crippen molar-refractivity contribution in [2.24, 2.45) is 0 Å². The van der Waals surface area contributed by atoms with Gasteiger partial charge >= 0.3 is 5.97 Å². The van der Waals surface area contributed by atoms with Crippen molar-refractivity contribution in [3.8, 4) is 11.8 Å². The van der Waals surface area contributed by atoms with E-state index in [9.17, 15) is 4.79 Å². The quantitative estimate of drug-likeness (QED) is 0.217. The molecule has 1 aliphatic heterocycles. The molecular weight excluding hydrogens is 440 g/mol. The van der Waals surface area contributed by atoms with Gasteiger partial charge in [-0.15, -0.1) is 11.8 Å². The number of carbonyl (C=O) groups is 1. The lowest BCUT2D eigenvalue weighted by Crippen LogP contribution is -2.29. The fourth-order valence-electron chi connectivity index (χ4n) is 4.70. The van der Waals surface area contributed by atoms with Crippen molar-refractivity contribution >= 4 is 17.7 Å². The molecule has 1 aromatic heterocycles. The monoisotopic (exact) mass is 478 g/mol. The summed E-state index contributed by atoms with van der Waals surface area (Å²) in [6.45, 7) is 9.06. The molecule has 3 rings (SSSR count). The Bertz CT molecular complexity index is 1020. The van der Waals surface area contributed by atoms with Crippen molar-refractivity contribution in [3.05, 3.63) is 52.6 Å². The number of esters is 1. The highest BCUT2D eigenvalue weighted by Crippen LogP contribution is 2.47. The van der Waals surface area contributed by atoms with Crippen molar-refractivity contribution in [1.29, 1.82) is 0 Å². The summed E-state index contributed by atoms with van der Waals surface area (Å²) < 4.78 is 4.99. The van der Waals surface area contributed by atoms with E-state index >= 15 is 0 Å². The topological polar surface area (TPSA) is 52.1 Å². The second kappa shape index (κ2) is 13.0. The van der Waals surface area contributed by atoms with Crippen LogP contribution in [0.25, 0.3) is 0 Å². The molecule has 0 radical (unpaired) electrons. The van der Waals surface area contributed by atoms with Crippen LogP contribution in [-0.2, 0) is 27.8 Å². The number of benzene rings is 1. The van der Waals surface area contributed by atoms with E-state index in [1.807, 2.05) is 11.8 Å². The van der Waals surface area contributed by atoms with Crippen molar-refractivity contribution in [3.63, 3.8) is 0 Å². The van der Waals surface area contributed by atoms with Crippen molar-refractivity contribution in [2.45, 2.75) is 95.8 Å². The summed E-state index contributed by atoms with van der Waals surface area (Å²) in [5.74, 6) is 7.58. The molecule has 2 aromatic rings. The Labute approximate surface area is 209 Å². The molecule has 0 bridgehead atoms. The minimum absolute atomic E-state index is 0.134. The maximum atomic E-state index is 11.7. The van der Waals surface area contributed by atoms with Crippen LogP contribution in [0.2, 0.25) is 0 Å². The second-order valence-electron chi connectivity index (χ2n) is 9.03. The Hall–Kier alpha value is -2.32. The van der Waals surface area contributed by atoms with Crippen LogP contribution in [0, 0.1) is 11.8 Å². The van der Waals surface area contributed by atoms with Crippen LogP contribution >= 0.6 is 11.8 Å². The van der Waals surface area contributed by atoms with Crippen LogP contribution in [0.3, 0.4) is 0 Å². The van der Waals surface area contributed by atoms with Crippen LogP contribution < -0.4 is 0 Å². The molecule has 0 aliphatic carbocycles. The van der Waals surface area contributed by atoms with E-state index in [0.717, 1.165) is 24.8 Å². The van der Waals surface area contributed by atoms with E-state index in [2.05, 4.69) is 54.7 Å². The van der Waals surface area contributed by atoms with Gasteiger partial charge in [0, 0.05) is 10.5 Å². The molecule has 1 aromatic carbocycles. The smallest absolute Gasteiger partial charge is 0.311 e. The normalized spacial score (nSPS) is 14.1. The first kappa shape index (κ1) is 26.3. The lowest BCUT2D eigenvalue weighted by molar-refractivity contribution is -0.142. The summed E-state index contributed by atoms with van der Waals surface area (Å²) in [6, 6.07) is 4.79. The molecule has 0 amide bonds. The van der Waals surface area contributed by atoms with Crippen LogP contribution in [-0.4, -0.2) is 28.3 Å².